The van der Waals surface area contributed by atoms with E-state index in [0.29, 0.717) is 49.7 Å². The summed E-state index contributed by atoms with van der Waals surface area (Å²) >= 11 is 1.55. The molecule has 1 saturated heterocycles. The van der Waals surface area contributed by atoms with Crippen molar-refractivity contribution in [1.29, 1.82) is 0 Å². The maximum Gasteiger partial charge on any atom is 0.254 e. The van der Waals surface area contributed by atoms with E-state index in [-0.39, 0.29) is 11.8 Å². The van der Waals surface area contributed by atoms with Crippen LogP contribution < -0.4 is 9.47 Å². The summed E-state index contributed by atoms with van der Waals surface area (Å²) in [5.41, 5.74) is 1.36. The van der Waals surface area contributed by atoms with Gasteiger partial charge in [0.15, 0.2) is 11.5 Å². The third-order valence-electron chi connectivity index (χ3n) is 4.55. The summed E-state index contributed by atoms with van der Waals surface area (Å²) in [5, 5.41) is 2.88. The molecule has 2 aromatic rings. The van der Waals surface area contributed by atoms with Crippen LogP contribution in [0.3, 0.4) is 0 Å². The third-order valence-corrected chi connectivity index (χ3v) is 5.37. The third kappa shape index (κ3) is 4.39. The van der Waals surface area contributed by atoms with E-state index in [1.54, 1.807) is 53.6 Å². The number of nitrogens with zero attached hydrogens (tertiary/aromatic N) is 3. The predicted octanol–water partition coefficient (Wildman–Crippen LogP) is 2.00. The average molecular weight is 389 g/mol. The minimum Gasteiger partial charge on any atom is -0.493 e. The SMILES string of the molecule is COc1ccc(C(=O)N2CCN(C(=O)Cc3csc(C)n3)CC2)cc1OC. The van der Waals surface area contributed by atoms with E-state index in [1.165, 1.54) is 0 Å². The number of benzene rings is 1. The first kappa shape index (κ1) is 19.2. The van der Waals surface area contributed by atoms with E-state index in [9.17, 15) is 9.59 Å². The number of hydrogen-bond donors (Lipinski definition) is 0. The van der Waals surface area contributed by atoms with Gasteiger partial charge in [0.1, 0.15) is 0 Å². The van der Waals surface area contributed by atoms with Crippen LogP contribution in [-0.2, 0) is 11.2 Å². The molecule has 8 heteroatoms. The lowest BCUT2D eigenvalue weighted by Crippen LogP contribution is -2.51. The topological polar surface area (TPSA) is 72.0 Å². The molecule has 2 amide bonds. The summed E-state index contributed by atoms with van der Waals surface area (Å²) < 4.78 is 10.5. The van der Waals surface area contributed by atoms with Crippen LogP contribution in [0.25, 0.3) is 0 Å². The largest absolute Gasteiger partial charge is 0.493 e. The minimum atomic E-state index is -0.0711. The van der Waals surface area contributed by atoms with Gasteiger partial charge in [-0.3, -0.25) is 9.59 Å². The number of amides is 2. The van der Waals surface area contributed by atoms with E-state index in [2.05, 4.69) is 4.98 Å². The first-order valence-corrected chi connectivity index (χ1v) is 9.60. The molecule has 0 aliphatic carbocycles. The molecular weight excluding hydrogens is 366 g/mol. The Kier molecular flexibility index (Phi) is 5.95. The first-order valence-electron chi connectivity index (χ1n) is 8.72. The molecule has 7 nitrogen and oxygen atoms in total. The van der Waals surface area contributed by atoms with Crippen LogP contribution in [0, 0.1) is 6.92 Å². The molecule has 0 N–H and O–H groups in total. The van der Waals surface area contributed by atoms with Crippen molar-refractivity contribution >= 4 is 23.2 Å². The maximum absolute atomic E-state index is 12.8. The molecule has 0 spiro atoms. The van der Waals surface area contributed by atoms with Crippen LogP contribution in [0.1, 0.15) is 21.1 Å². The van der Waals surface area contributed by atoms with Crippen LogP contribution in [0.2, 0.25) is 0 Å². The molecule has 144 valence electrons. The maximum atomic E-state index is 12.8. The van der Waals surface area contributed by atoms with E-state index in [1.807, 2.05) is 12.3 Å². The molecule has 0 bridgehead atoms. The van der Waals surface area contributed by atoms with Gasteiger partial charge in [-0.15, -0.1) is 11.3 Å². The van der Waals surface area contributed by atoms with Gasteiger partial charge < -0.3 is 19.3 Å². The summed E-state index contributed by atoms with van der Waals surface area (Å²) in [4.78, 5) is 33.1. The zero-order valence-electron chi connectivity index (χ0n) is 15.7. The zero-order valence-corrected chi connectivity index (χ0v) is 16.5. The molecule has 0 radical (unpaired) electrons. The number of rotatable bonds is 5. The molecule has 27 heavy (non-hydrogen) atoms. The molecule has 3 rings (SSSR count). The highest BCUT2D eigenvalue weighted by atomic mass is 32.1. The van der Waals surface area contributed by atoms with Crippen LogP contribution >= 0.6 is 11.3 Å². The second kappa shape index (κ2) is 8.39. The summed E-state index contributed by atoms with van der Waals surface area (Å²) in [6, 6.07) is 5.14. The summed E-state index contributed by atoms with van der Waals surface area (Å²) in [6.07, 6.45) is 0.313. The Morgan fingerprint density at radius 1 is 1.07 bits per heavy atom. The van der Waals surface area contributed by atoms with Gasteiger partial charge >= 0.3 is 0 Å². The average Bonchev–Trinajstić information content (AvgIpc) is 3.11. The van der Waals surface area contributed by atoms with Crippen molar-refractivity contribution in [2.45, 2.75) is 13.3 Å². The van der Waals surface area contributed by atoms with E-state index >= 15 is 0 Å². The molecule has 0 saturated carbocycles. The molecule has 1 fully saturated rings. The molecule has 0 unspecified atom stereocenters. The smallest absolute Gasteiger partial charge is 0.254 e. The Hall–Kier alpha value is -2.61. The second-order valence-corrected chi connectivity index (χ2v) is 7.34. The summed E-state index contributed by atoms with van der Waals surface area (Å²) in [6.45, 7) is 4.00. The van der Waals surface area contributed by atoms with Gasteiger partial charge in [-0.1, -0.05) is 0 Å². The Bertz CT molecular complexity index is 828. The van der Waals surface area contributed by atoms with Crippen LogP contribution in [0.15, 0.2) is 23.6 Å². The number of hydrogen-bond acceptors (Lipinski definition) is 6. The van der Waals surface area contributed by atoms with Gasteiger partial charge in [-0.25, -0.2) is 4.98 Å². The molecular formula is C19H23N3O4S. The molecule has 2 heterocycles. The Morgan fingerprint density at radius 2 is 1.74 bits per heavy atom. The monoisotopic (exact) mass is 389 g/mol. The molecule has 0 atom stereocenters. The highest BCUT2D eigenvalue weighted by Crippen LogP contribution is 2.28. The highest BCUT2D eigenvalue weighted by Gasteiger charge is 2.25. The number of carbonyl (C=O) groups excluding carboxylic acids is 2. The van der Waals surface area contributed by atoms with Gasteiger partial charge in [0.25, 0.3) is 5.91 Å². The fraction of sp³-hybridized carbons (Fsp3) is 0.421. The lowest BCUT2D eigenvalue weighted by atomic mass is 10.1. The molecule has 1 aromatic carbocycles. The highest BCUT2D eigenvalue weighted by molar-refractivity contribution is 7.09. The Labute approximate surface area is 162 Å². The quantitative estimate of drug-likeness (QED) is 0.782. The molecule has 1 aliphatic rings. The van der Waals surface area contributed by atoms with Crippen LogP contribution in [0.4, 0.5) is 0 Å². The van der Waals surface area contributed by atoms with Crippen LogP contribution in [0.5, 0.6) is 11.5 Å². The van der Waals surface area contributed by atoms with Crippen molar-refractivity contribution in [3.63, 3.8) is 0 Å². The molecule has 1 aliphatic heterocycles. The van der Waals surface area contributed by atoms with Crippen LogP contribution in [-0.4, -0.2) is 67.0 Å². The van der Waals surface area contributed by atoms with E-state index < -0.39 is 0 Å². The standard InChI is InChI=1S/C19H23N3O4S/c1-13-20-15(12-27-13)11-18(23)21-6-8-22(9-7-21)19(24)14-4-5-16(25-2)17(10-14)26-3/h4-5,10,12H,6-9,11H2,1-3H3. The number of aryl methyl sites for hydroxylation is 1. The lowest BCUT2D eigenvalue weighted by Gasteiger charge is -2.34. The van der Waals surface area contributed by atoms with Crippen molar-refractivity contribution in [2.24, 2.45) is 0 Å². The summed E-state index contributed by atoms with van der Waals surface area (Å²) in [7, 11) is 3.10. The number of piperazine rings is 1. The zero-order chi connectivity index (χ0) is 19.4. The van der Waals surface area contributed by atoms with Gasteiger partial charge in [-0.05, 0) is 25.1 Å². The fourth-order valence-corrected chi connectivity index (χ4v) is 3.68. The number of ether oxygens (including phenoxy) is 2. The first-order chi connectivity index (χ1) is 13.0. The number of methoxy groups -OCH3 is 2. The Balaban J connectivity index is 1.58. The fourth-order valence-electron chi connectivity index (χ4n) is 3.07. The van der Waals surface area contributed by atoms with Gasteiger partial charge in [0, 0.05) is 37.1 Å². The van der Waals surface area contributed by atoms with Gasteiger partial charge in [-0.2, -0.15) is 0 Å². The van der Waals surface area contributed by atoms with Gasteiger partial charge in [0.2, 0.25) is 5.91 Å². The van der Waals surface area contributed by atoms with Crippen molar-refractivity contribution < 1.29 is 19.1 Å². The number of carbonyl (C=O) groups is 2. The predicted molar refractivity (Wildman–Crippen MR) is 103 cm³/mol. The minimum absolute atomic E-state index is 0.0542. The normalized spacial score (nSPS) is 14.2. The lowest BCUT2D eigenvalue weighted by molar-refractivity contribution is -0.132. The van der Waals surface area contributed by atoms with Crippen molar-refractivity contribution in [3.8, 4) is 11.5 Å². The van der Waals surface area contributed by atoms with Crippen molar-refractivity contribution in [1.82, 2.24) is 14.8 Å². The molecule has 1 aromatic heterocycles. The van der Waals surface area contributed by atoms with Crippen molar-refractivity contribution in [3.05, 3.63) is 39.8 Å². The van der Waals surface area contributed by atoms with Gasteiger partial charge in [0.05, 0.1) is 31.3 Å². The Morgan fingerprint density at radius 3 is 2.33 bits per heavy atom. The van der Waals surface area contributed by atoms with E-state index in [4.69, 9.17) is 9.47 Å². The second-order valence-electron chi connectivity index (χ2n) is 6.28. The number of aromatic nitrogens is 1. The summed E-state index contributed by atoms with van der Waals surface area (Å²) in [5.74, 6) is 1.09. The van der Waals surface area contributed by atoms with Crippen molar-refractivity contribution in [2.75, 3.05) is 40.4 Å². The number of thiazole rings is 1. The van der Waals surface area contributed by atoms with E-state index in [0.717, 1.165) is 10.7 Å².